The summed E-state index contributed by atoms with van der Waals surface area (Å²) in [6, 6.07) is 11.2. The third-order valence-electron chi connectivity index (χ3n) is 5.47. The third kappa shape index (κ3) is 5.39. The highest BCUT2D eigenvalue weighted by Crippen LogP contribution is 2.23. The smallest absolute Gasteiger partial charge is 0.258 e. The number of benzene rings is 1. The highest BCUT2D eigenvalue weighted by Gasteiger charge is 2.14. The Labute approximate surface area is 189 Å². The minimum Gasteiger partial charge on any atom is -0.395 e. The Kier molecular flexibility index (Phi) is 8.09. The Morgan fingerprint density at radius 3 is 2.56 bits per heavy atom. The second-order valence-electron chi connectivity index (χ2n) is 8.05. The maximum absolute atomic E-state index is 12.8. The van der Waals surface area contributed by atoms with Gasteiger partial charge in [0.25, 0.3) is 5.56 Å². The zero-order valence-electron chi connectivity index (χ0n) is 19.1. The predicted molar refractivity (Wildman–Crippen MR) is 132 cm³/mol. The van der Waals surface area contributed by atoms with Crippen molar-refractivity contribution in [1.82, 2.24) is 14.3 Å². The molecule has 1 aromatic carbocycles. The monoisotopic (exact) mass is 432 g/mol. The first-order valence-electron chi connectivity index (χ1n) is 11.2. The number of fused-ring (bicyclic) bond motifs is 1. The molecule has 4 rings (SSSR count). The van der Waals surface area contributed by atoms with Crippen LogP contribution in [0.4, 0.5) is 0 Å². The molecule has 6 heteroatoms. The number of nitrogens with one attached hydrogen (secondary N) is 1. The van der Waals surface area contributed by atoms with E-state index in [1.165, 1.54) is 18.2 Å². The fourth-order valence-corrected chi connectivity index (χ4v) is 3.71. The molecule has 0 bridgehead atoms. The number of aliphatic hydroxyl groups is 1. The quantitative estimate of drug-likeness (QED) is 0.593. The molecular weight excluding hydrogens is 400 g/mol. The summed E-state index contributed by atoms with van der Waals surface area (Å²) in [7, 11) is 0. The molecule has 0 radical (unpaired) electrons. The standard InChI is InChI=1S/C23H24N4O2.C3H8/c1-16-2-3-18(12-20(16)14-24)21-13-23(29)27-15-19(4-5-22(27)25-21)17-6-8-26(9-7-17)10-11-28;1-3-2/h2-6,12-15,24,28H,7-11H2,1H3;3H2,1-2H3. The number of pyridine rings is 1. The van der Waals surface area contributed by atoms with E-state index in [9.17, 15) is 4.79 Å². The number of aliphatic hydroxyl groups excluding tert-OH is 1. The van der Waals surface area contributed by atoms with Crippen molar-refractivity contribution in [3.8, 4) is 11.3 Å². The second kappa shape index (κ2) is 11.0. The largest absolute Gasteiger partial charge is 0.395 e. The van der Waals surface area contributed by atoms with Crippen molar-refractivity contribution in [2.45, 2.75) is 33.6 Å². The number of hydrogen-bond donors (Lipinski definition) is 2. The molecule has 0 spiro atoms. The maximum Gasteiger partial charge on any atom is 0.258 e. The van der Waals surface area contributed by atoms with Crippen LogP contribution < -0.4 is 5.56 Å². The van der Waals surface area contributed by atoms with Gasteiger partial charge < -0.3 is 10.5 Å². The van der Waals surface area contributed by atoms with Gasteiger partial charge in [0.1, 0.15) is 5.65 Å². The molecule has 3 heterocycles. The zero-order chi connectivity index (χ0) is 23.1. The van der Waals surface area contributed by atoms with Crippen LogP contribution in [0.3, 0.4) is 0 Å². The van der Waals surface area contributed by atoms with Gasteiger partial charge in [-0.3, -0.25) is 14.1 Å². The third-order valence-corrected chi connectivity index (χ3v) is 5.47. The van der Waals surface area contributed by atoms with Gasteiger partial charge >= 0.3 is 0 Å². The lowest BCUT2D eigenvalue weighted by atomic mass is 10.0. The Hall–Kier alpha value is -3.09. The first kappa shape index (κ1) is 23.6. The molecule has 32 heavy (non-hydrogen) atoms. The molecular formula is C26H32N4O2. The van der Waals surface area contributed by atoms with Gasteiger partial charge in [-0.1, -0.05) is 38.5 Å². The van der Waals surface area contributed by atoms with Gasteiger partial charge in [0, 0.05) is 43.7 Å². The Bertz CT molecular complexity index is 1180. The summed E-state index contributed by atoms with van der Waals surface area (Å²) in [6.07, 6.45) is 7.48. The molecule has 0 saturated heterocycles. The van der Waals surface area contributed by atoms with Gasteiger partial charge in [-0.2, -0.15) is 0 Å². The summed E-state index contributed by atoms with van der Waals surface area (Å²) in [5.74, 6) is 0. The SMILES string of the molecule is CCC.Cc1ccc(-c2cc(=O)n3cc(C4=CCN(CCO)CC4)ccc3n2)cc1C=N. The highest BCUT2D eigenvalue weighted by atomic mass is 16.3. The summed E-state index contributed by atoms with van der Waals surface area (Å²) in [6.45, 7) is 8.77. The average Bonchev–Trinajstić information content (AvgIpc) is 2.80. The number of hydrogen-bond acceptors (Lipinski definition) is 5. The van der Waals surface area contributed by atoms with Crippen molar-refractivity contribution in [2.75, 3.05) is 26.2 Å². The van der Waals surface area contributed by atoms with E-state index < -0.39 is 0 Å². The zero-order valence-corrected chi connectivity index (χ0v) is 19.1. The van der Waals surface area contributed by atoms with Crippen molar-refractivity contribution in [3.63, 3.8) is 0 Å². The fourth-order valence-electron chi connectivity index (χ4n) is 3.71. The molecule has 0 fully saturated rings. The van der Waals surface area contributed by atoms with Crippen LogP contribution in [-0.2, 0) is 0 Å². The minimum absolute atomic E-state index is 0.123. The molecule has 0 atom stereocenters. The van der Waals surface area contributed by atoms with E-state index >= 15 is 0 Å². The topological polar surface area (TPSA) is 81.7 Å². The van der Waals surface area contributed by atoms with Gasteiger partial charge in [0.2, 0.25) is 0 Å². The number of rotatable bonds is 5. The van der Waals surface area contributed by atoms with Gasteiger partial charge in [-0.05, 0) is 53.8 Å². The van der Waals surface area contributed by atoms with Crippen molar-refractivity contribution in [2.24, 2.45) is 0 Å². The molecule has 1 aliphatic heterocycles. The summed E-state index contributed by atoms with van der Waals surface area (Å²) < 4.78 is 1.59. The first-order chi connectivity index (χ1) is 15.5. The van der Waals surface area contributed by atoms with Crippen LogP contribution in [-0.4, -0.2) is 51.8 Å². The lowest BCUT2D eigenvalue weighted by Gasteiger charge is -2.25. The van der Waals surface area contributed by atoms with E-state index in [1.54, 1.807) is 10.5 Å². The van der Waals surface area contributed by atoms with Crippen LogP contribution in [0.1, 0.15) is 43.4 Å². The van der Waals surface area contributed by atoms with E-state index in [-0.39, 0.29) is 12.2 Å². The van der Waals surface area contributed by atoms with Crippen LogP contribution in [0.25, 0.3) is 22.5 Å². The Morgan fingerprint density at radius 1 is 1.16 bits per heavy atom. The molecule has 0 unspecified atom stereocenters. The molecule has 0 aliphatic carbocycles. The maximum atomic E-state index is 12.8. The van der Waals surface area contributed by atoms with Crippen molar-refractivity contribution in [3.05, 3.63) is 75.7 Å². The van der Waals surface area contributed by atoms with Gasteiger partial charge in [-0.15, -0.1) is 0 Å². The number of nitrogens with zero attached hydrogens (tertiary/aromatic N) is 3. The molecule has 1 aliphatic rings. The molecule has 2 N–H and O–H groups in total. The fraction of sp³-hybridized carbons (Fsp3) is 0.346. The summed E-state index contributed by atoms with van der Waals surface area (Å²) >= 11 is 0. The minimum atomic E-state index is -0.123. The molecule has 6 nitrogen and oxygen atoms in total. The summed E-state index contributed by atoms with van der Waals surface area (Å²) in [5, 5.41) is 16.6. The van der Waals surface area contributed by atoms with Gasteiger partial charge in [0.05, 0.1) is 12.3 Å². The van der Waals surface area contributed by atoms with E-state index in [0.717, 1.165) is 41.8 Å². The average molecular weight is 433 g/mol. The van der Waals surface area contributed by atoms with Crippen molar-refractivity contribution in [1.29, 1.82) is 5.41 Å². The summed E-state index contributed by atoms with van der Waals surface area (Å²) in [5.41, 5.74) is 6.00. The van der Waals surface area contributed by atoms with Crippen LogP contribution >= 0.6 is 0 Å². The van der Waals surface area contributed by atoms with E-state index in [0.29, 0.717) is 17.9 Å². The molecule has 0 saturated carbocycles. The highest BCUT2D eigenvalue weighted by molar-refractivity contribution is 5.82. The van der Waals surface area contributed by atoms with Crippen molar-refractivity contribution < 1.29 is 5.11 Å². The second-order valence-corrected chi connectivity index (χ2v) is 8.05. The molecule has 3 aromatic rings. The van der Waals surface area contributed by atoms with Crippen LogP contribution in [0.2, 0.25) is 0 Å². The lowest BCUT2D eigenvalue weighted by Crippen LogP contribution is -2.31. The van der Waals surface area contributed by atoms with Crippen LogP contribution in [0, 0.1) is 12.3 Å². The van der Waals surface area contributed by atoms with E-state index in [4.69, 9.17) is 10.5 Å². The first-order valence-corrected chi connectivity index (χ1v) is 11.2. The number of β-amino-alcohol motifs (C(OH)–C–C–N with tert-alkyl or cyclic N) is 1. The molecule has 2 aromatic heterocycles. The van der Waals surface area contributed by atoms with Crippen LogP contribution in [0.15, 0.2) is 53.5 Å². The lowest BCUT2D eigenvalue weighted by molar-refractivity contribution is 0.208. The Balaban J connectivity index is 0.000000913. The number of aryl methyl sites for hydroxylation is 1. The van der Waals surface area contributed by atoms with E-state index in [2.05, 4.69) is 29.8 Å². The summed E-state index contributed by atoms with van der Waals surface area (Å²) in [4.78, 5) is 19.7. The molecule has 0 amide bonds. The Morgan fingerprint density at radius 2 is 1.91 bits per heavy atom. The number of aromatic nitrogens is 2. The normalized spacial score (nSPS) is 13.9. The van der Waals surface area contributed by atoms with Gasteiger partial charge in [-0.25, -0.2) is 4.98 Å². The predicted octanol–water partition coefficient (Wildman–Crippen LogP) is 4.17. The molecule has 168 valence electrons. The van der Waals surface area contributed by atoms with Gasteiger partial charge in [0.15, 0.2) is 0 Å². The van der Waals surface area contributed by atoms with Crippen LogP contribution in [0.5, 0.6) is 0 Å². The van der Waals surface area contributed by atoms with Crippen molar-refractivity contribution >= 4 is 17.4 Å². The van der Waals surface area contributed by atoms with E-state index in [1.807, 2.05) is 43.5 Å².